The summed E-state index contributed by atoms with van der Waals surface area (Å²) in [6, 6.07) is 0. The smallest absolute Gasteiger partial charge is 0.305 e. The molecular weight excluding hydrogens is 212 g/mol. The molecule has 1 aliphatic rings. The Kier molecular flexibility index (Phi) is 4.29. The monoisotopic (exact) mass is 230 g/mol. The molecule has 0 aliphatic heterocycles. The van der Waals surface area contributed by atoms with Crippen molar-refractivity contribution >= 4 is 11.9 Å². The zero-order chi connectivity index (χ0) is 12.2. The van der Waals surface area contributed by atoms with Crippen LogP contribution in [0.5, 0.6) is 0 Å². The van der Waals surface area contributed by atoms with E-state index in [2.05, 4.69) is 0 Å². The van der Waals surface area contributed by atoms with Gasteiger partial charge in [0.15, 0.2) is 6.10 Å². The second-order valence-electron chi connectivity index (χ2n) is 3.95. The number of rotatable bonds is 3. The molecule has 0 bridgehead atoms. The summed E-state index contributed by atoms with van der Waals surface area (Å²) in [6.45, 7) is 2.66. The third kappa shape index (κ3) is 2.95. The van der Waals surface area contributed by atoms with E-state index in [1.54, 1.807) is 0 Å². The Hall–Kier alpha value is -1.10. The topological polar surface area (TPSA) is 61.8 Å². The molecule has 0 heterocycles. The zero-order valence-corrected chi connectivity index (χ0v) is 9.95. The molecule has 1 aliphatic carbocycles. The largest absolute Gasteiger partial charge is 0.456 e. The first kappa shape index (κ1) is 13.0. The minimum atomic E-state index is -1.10. The van der Waals surface area contributed by atoms with Gasteiger partial charge in [0.25, 0.3) is 5.79 Å². The van der Waals surface area contributed by atoms with E-state index in [0.29, 0.717) is 12.8 Å². The van der Waals surface area contributed by atoms with Crippen LogP contribution in [0.4, 0.5) is 0 Å². The van der Waals surface area contributed by atoms with Crippen molar-refractivity contribution in [2.45, 2.75) is 51.4 Å². The molecule has 0 radical (unpaired) electrons. The lowest BCUT2D eigenvalue weighted by atomic mass is 9.91. The van der Waals surface area contributed by atoms with Gasteiger partial charge in [-0.05, 0) is 19.3 Å². The standard InChI is InChI=1S/C11H18O5/c1-8(12)15-10-6-4-5-7-11(10,14-3)16-9(2)13/h10H,4-7H2,1-3H3. The number of carbonyl (C=O) groups is 2. The molecule has 16 heavy (non-hydrogen) atoms. The summed E-state index contributed by atoms with van der Waals surface area (Å²) in [4.78, 5) is 22.0. The maximum atomic E-state index is 11.1. The maximum Gasteiger partial charge on any atom is 0.305 e. The van der Waals surface area contributed by atoms with E-state index in [9.17, 15) is 9.59 Å². The van der Waals surface area contributed by atoms with E-state index in [4.69, 9.17) is 14.2 Å². The minimum absolute atomic E-state index is 0.388. The third-order valence-electron chi connectivity index (χ3n) is 2.70. The van der Waals surface area contributed by atoms with Crippen molar-refractivity contribution in [1.29, 1.82) is 0 Å². The maximum absolute atomic E-state index is 11.1. The highest BCUT2D eigenvalue weighted by atomic mass is 16.7. The van der Waals surface area contributed by atoms with Crippen molar-refractivity contribution < 1.29 is 23.8 Å². The Labute approximate surface area is 95.0 Å². The Morgan fingerprint density at radius 1 is 1.19 bits per heavy atom. The quantitative estimate of drug-likeness (QED) is 0.541. The van der Waals surface area contributed by atoms with Gasteiger partial charge in [-0.25, -0.2) is 0 Å². The number of esters is 2. The highest BCUT2D eigenvalue weighted by Crippen LogP contribution is 2.34. The fourth-order valence-electron chi connectivity index (χ4n) is 2.07. The van der Waals surface area contributed by atoms with Crippen LogP contribution in [-0.2, 0) is 23.8 Å². The number of hydrogen-bond acceptors (Lipinski definition) is 5. The van der Waals surface area contributed by atoms with Crippen LogP contribution < -0.4 is 0 Å². The lowest BCUT2D eigenvalue weighted by Crippen LogP contribution is -2.51. The lowest BCUT2D eigenvalue weighted by Gasteiger charge is -2.40. The molecule has 5 heteroatoms. The van der Waals surface area contributed by atoms with Crippen LogP contribution in [0.25, 0.3) is 0 Å². The Bertz CT molecular complexity index is 276. The third-order valence-corrected chi connectivity index (χ3v) is 2.70. The van der Waals surface area contributed by atoms with Gasteiger partial charge in [0.05, 0.1) is 0 Å². The van der Waals surface area contributed by atoms with Gasteiger partial charge in [-0.3, -0.25) is 9.59 Å². The molecule has 1 fully saturated rings. The normalized spacial score (nSPS) is 29.6. The molecule has 5 nitrogen and oxygen atoms in total. The van der Waals surface area contributed by atoms with Crippen molar-refractivity contribution in [2.75, 3.05) is 7.11 Å². The number of methoxy groups -OCH3 is 1. The van der Waals surface area contributed by atoms with Crippen LogP contribution in [0, 0.1) is 0 Å². The van der Waals surface area contributed by atoms with E-state index in [1.165, 1.54) is 21.0 Å². The van der Waals surface area contributed by atoms with Crippen molar-refractivity contribution in [3.63, 3.8) is 0 Å². The number of hydrogen-bond donors (Lipinski definition) is 0. The molecule has 0 N–H and O–H groups in total. The van der Waals surface area contributed by atoms with Gasteiger partial charge in [-0.2, -0.15) is 0 Å². The molecule has 1 saturated carbocycles. The van der Waals surface area contributed by atoms with Gasteiger partial charge in [-0.1, -0.05) is 0 Å². The summed E-state index contributed by atoms with van der Waals surface area (Å²) in [6.07, 6.45) is 2.53. The highest BCUT2D eigenvalue weighted by molar-refractivity contribution is 5.67. The van der Waals surface area contributed by atoms with E-state index in [-0.39, 0.29) is 5.97 Å². The molecule has 0 spiro atoms. The molecule has 0 saturated heterocycles. The van der Waals surface area contributed by atoms with Crippen molar-refractivity contribution in [1.82, 2.24) is 0 Å². The van der Waals surface area contributed by atoms with Crippen LogP contribution in [0.2, 0.25) is 0 Å². The summed E-state index contributed by atoms with van der Waals surface area (Å²) >= 11 is 0. The summed E-state index contributed by atoms with van der Waals surface area (Å²) in [5.41, 5.74) is 0. The van der Waals surface area contributed by atoms with Gasteiger partial charge in [0.1, 0.15) is 0 Å². The highest BCUT2D eigenvalue weighted by Gasteiger charge is 2.46. The SMILES string of the molecule is COC1(OC(C)=O)CCCCC1OC(C)=O. The van der Waals surface area contributed by atoms with Gasteiger partial charge in [-0.15, -0.1) is 0 Å². The predicted octanol–water partition coefficient (Wildman–Crippen LogP) is 1.40. The number of ether oxygens (including phenoxy) is 3. The molecule has 0 aromatic carbocycles. The molecule has 0 amide bonds. The number of carbonyl (C=O) groups excluding carboxylic acids is 2. The van der Waals surface area contributed by atoms with Gasteiger partial charge in [0.2, 0.25) is 0 Å². The van der Waals surface area contributed by atoms with Crippen LogP contribution in [0.1, 0.15) is 39.5 Å². The summed E-state index contributed by atoms with van der Waals surface area (Å²) in [5.74, 6) is -1.92. The van der Waals surface area contributed by atoms with Crippen molar-refractivity contribution in [3.05, 3.63) is 0 Å². The zero-order valence-electron chi connectivity index (χ0n) is 9.95. The second-order valence-corrected chi connectivity index (χ2v) is 3.95. The summed E-state index contributed by atoms with van der Waals surface area (Å²) in [5, 5.41) is 0. The van der Waals surface area contributed by atoms with Gasteiger partial charge in [0, 0.05) is 27.4 Å². The predicted molar refractivity (Wildman–Crippen MR) is 55.5 cm³/mol. The van der Waals surface area contributed by atoms with E-state index in [1.807, 2.05) is 0 Å². The van der Waals surface area contributed by atoms with Crippen LogP contribution in [0.15, 0.2) is 0 Å². The molecule has 1 rings (SSSR count). The second kappa shape index (κ2) is 5.30. The first-order valence-electron chi connectivity index (χ1n) is 5.42. The summed E-state index contributed by atoms with van der Waals surface area (Å²) < 4.78 is 15.6. The van der Waals surface area contributed by atoms with Gasteiger partial charge < -0.3 is 14.2 Å². The molecule has 92 valence electrons. The molecule has 2 unspecified atom stereocenters. The Morgan fingerprint density at radius 3 is 2.38 bits per heavy atom. The van der Waals surface area contributed by atoms with E-state index in [0.717, 1.165) is 12.8 Å². The van der Waals surface area contributed by atoms with E-state index >= 15 is 0 Å². The molecule has 0 aromatic rings. The van der Waals surface area contributed by atoms with Crippen LogP contribution in [-0.4, -0.2) is 30.9 Å². The van der Waals surface area contributed by atoms with Gasteiger partial charge >= 0.3 is 11.9 Å². The molecule has 0 aromatic heterocycles. The van der Waals surface area contributed by atoms with Crippen molar-refractivity contribution in [2.24, 2.45) is 0 Å². The lowest BCUT2D eigenvalue weighted by molar-refractivity contribution is -0.275. The Balaban J connectivity index is 2.82. The fourth-order valence-corrected chi connectivity index (χ4v) is 2.07. The van der Waals surface area contributed by atoms with Crippen LogP contribution in [0.3, 0.4) is 0 Å². The Morgan fingerprint density at radius 2 is 1.88 bits per heavy atom. The van der Waals surface area contributed by atoms with E-state index < -0.39 is 17.9 Å². The molecule has 2 atom stereocenters. The minimum Gasteiger partial charge on any atom is -0.456 e. The fraction of sp³-hybridized carbons (Fsp3) is 0.818. The summed E-state index contributed by atoms with van der Waals surface area (Å²) in [7, 11) is 1.46. The average molecular weight is 230 g/mol. The van der Waals surface area contributed by atoms with Crippen LogP contribution >= 0.6 is 0 Å². The van der Waals surface area contributed by atoms with Crippen molar-refractivity contribution in [3.8, 4) is 0 Å². The molecular formula is C11H18O5. The first-order chi connectivity index (χ1) is 7.50. The average Bonchev–Trinajstić information content (AvgIpc) is 2.19. The first-order valence-corrected chi connectivity index (χ1v) is 5.42.